The summed E-state index contributed by atoms with van der Waals surface area (Å²) in [7, 11) is 0. The monoisotopic (exact) mass is 192 g/mol. The van der Waals surface area contributed by atoms with Gasteiger partial charge in [-0.05, 0) is 43.6 Å². The highest BCUT2D eigenvalue weighted by molar-refractivity contribution is 5.72. The van der Waals surface area contributed by atoms with Crippen molar-refractivity contribution in [3.05, 3.63) is 23.3 Å². The van der Waals surface area contributed by atoms with Crippen LogP contribution in [0.15, 0.2) is 23.3 Å². The molecule has 3 unspecified atom stereocenters. The Hall–Kier alpha value is -0.850. The van der Waals surface area contributed by atoms with Gasteiger partial charge in [0.1, 0.15) is 6.29 Å². The third kappa shape index (κ3) is 2.57. The summed E-state index contributed by atoms with van der Waals surface area (Å²) in [4.78, 5) is 10.6. The van der Waals surface area contributed by atoms with Crippen LogP contribution in [0, 0.1) is 17.8 Å². The highest BCUT2D eigenvalue weighted by atomic mass is 16.1. The van der Waals surface area contributed by atoms with Crippen molar-refractivity contribution in [1.82, 2.24) is 0 Å². The van der Waals surface area contributed by atoms with Gasteiger partial charge in [0, 0.05) is 0 Å². The van der Waals surface area contributed by atoms with Gasteiger partial charge < -0.3 is 0 Å². The van der Waals surface area contributed by atoms with Crippen LogP contribution in [0.25, 0.3) is 0 Å². The van der Waals surface area contributed by atoms with E-state index in [1.807, 2.05) is 6.92 Å². The molecule has 0 fully saturated rings. The maximum Gasteiger partial charge on any atom is 0.145 e. The average molecular weight is 192 g/mol. The Bertz CT molecular complexity index is 273. The van der Waals surface area contributed by atoms with Crippen LogP contribution >= 0.6 is 0 Å². The molecule has 0 radical (unpaired) electrons. The normalized spacial score (nSPS) is 33.9. The standard InChI is InChI=1S/C13H20O/c1-9-5-11(3)13(12(4)6-9)7-10(2)8-14/h5,7-8,11-13H,6H2,1-4H3. The minimum Gasteiger partial charge on any atom is -0.298 e. The number of carbonyl (C=O) groups is 1. The SMILES string of the molecule is CC(C=O)=CC1C(C)C=C(C)CC1C. The van der Waals surface area contributed by atoms with Crippen molar-refractivity contribution in [2.75, 3.05) is 0 Å². The van der Waals surface area contributed by atoms with Crippen molar-refractivity contribution in [2.24, 2.45) is 17.8 Å². The molecule has 0 N–H and O–H groups in total. The van der Waals surface area contributed by atoms with Crippen LogP contribution in [0.2, 0.25) is 0 Å². The van der Waals surface area contributed by atoms with Crippen LogP contribution in [0.1, 0.15) is 34.1 Å². The van der Waals surface area contributed by atoms with Crippen molar-refractivity contribution in [3.8, 4) is 0 Å². The third-order valence-corrected chi connectivity index (χ3v) is 3.10. The summed E-state index contributed by atoms with van der Waals surface area (Å²) in [5, 5.41) is 0. The molecule has 1 aliphatic rings. The molecule has 1 aliphatic carbocycles. The first-order valence-electron chi connectivity index (χ1n) is 5.35. The summed E-state index contributed by atoms with van der Waals surface area (Å²) in [6, 6.07) is 0. The quantitative estimate of drug-likeness (QED) is 0.372. The Morgan fingerprint density at radius 3 is 2.64 bits per heavy atom. The Morgan fingerprint density at radius 1 is 1.50 bits per heavy atom. The molecule has 0 spiro atoms. The van der Waals surface area contributed by atoms with Crippen LogP contribution in [0.5, 0.6) is 0 Å². The Morgan fingerprint density at radius 2 is 2.14 bits per heavy atom. The molecule has 0 bridgehead atoms. The number of carbonyl (C=O) groups excluding carboxylic acids is 1. The molecular formula is C13H20O. The molecular weight excluding hydrogens is 172 g/mol. The summed E-state index contributed by atoms with van der Waals surface area (Å²) < 4.78 is 0. The fourth-order valence-electron chi connectivity index (χ4n) is 2.45. The Balaban J connectivity index is 2.84. The lowest BCUT2D eigenvalue weighted by Crippen LogP contribution is -2.21. The summed E-state index contributed by atoms with van der Waals surface area (Å²) in [6.07, 6.45) is 6.58. The smallest absolute Gasteiger partial charge is 0.145 e. The molecule has 0 aliphatic heterocycles. The summed E-state index contributed by atoms with van der Waals surface area (Å²) in [5.74, 6) is 1.75. The van der Waals surface area contributed by atoms with Gasteiger partial charge in [0.2, 0.25) is 0 Å². The lowest BCUT2D eigenvalue weighted by molar-refractivity contribution is -0.104. The van der Waals surface area contributed by atoms with E-state index in [1.54, 1.807) is 0 Å². The maximum atomic E-state index is 10.6. The molecule has 1 nitrogen and oxygen atoms in total. The molecule has 1 rings (SSSR count). The van der Waals surface area contributed by atoms with Gasteiger partial charge in [-0.25, -0.2) is 0 Å². The van der Waals surface area contributed by atoms with Crippen LogP contribution < -0.4 is 0 Å². The number of hydrogen-bond donors (Lipinski definition) is 0. The van der Waals surface area contributed by atoms with Gasteiger partial charge in [-0.3, -0.25) is 4.79 Å². The Labute approximate surface area is 86.9 Å². The predicted molar refractivity (Wildman–Crippen MR) is 60.0 cm³/mol. The van der Waals surface area contributed by atoms with E-state index in [-0.39, 0.29) is 0 Å². The van der Waals surface area contributed by atoms with E-state index in [9.17, 15) is 4.79 Å². The molecule has 14 heavy (non-hydrogen) atoms. The number of allylic oxidation sites excluding steroid dienone is 4. The third-order valence-electron chi connectivity index (χ3n) is 3.10. The lowest BCUT2D eigenvalue weighted by Gasteiger charge is -2.31. The van der Waals surface area contributed by atoms with Crippen molar-refractivity contribution in [3.63, 3.8) is 0 Å². The lowest BCUT2D eigenvalue weighted by atomic mass is 9.74. The summed E-state index contributed by atoms with van der Waals surface area (Å²) in [6.45, 7) is 8.59. The topological polar surface area (TPSA) is 17.1 Å². The first-order chi connectivity index (χ1) is 6.54. The Kier molecular flexibility index (Phi) is 3.68. The van der Waals surface area contributed by atoms with E-state index in [0.29, 0.717) is 17.8 Å². The maximum absolute atomic E-state index is 10.6. The van der Waals surface area contributed by atoms with E-state index < -0.39 is 0 Å². The molecule has 0 heterocycles. The highest BCUT2D eigenvalue weighted by Gasteiger charge is 2.24. The molecule has 0 saturated carbocycles. The first-order valence-corrected chi connectivity index (χ1v) is 5.35. The van der Waals surface area contributed by atoms with Crippen molar-refractivity contribution >= 4 is 6.29 Å². The number of aldehydes is 1. The van der Waals surface area contributed by atoms with Crippen LogP contribution in [-0.2, 0) is 4.79 Å². The van der Waals surface area contributed by atoms with Gasteiger partial charge in [-0.15, -0.1) is 0 Å². The van der Waals surface area contributed by atoms with E-state index in [4.69, 9.17) is 0 Å². The van der Waals surface area contributed by atoms with Crippen LogP contribution in [0.3, 0.4) is 0 Å². The zero-order chi connectivity index (χ0) is 10.7. The second kappa shape index (κ2) is 4.59. The van der Waals surface area contributed by atoms with E-state index >= 15 is 0 Å². The summed E-state index contributed by atoms with van der Waals surface area (Å²) in [5.41, 5.74) is 2.35. The minimum absolute atomic E-state index is 0.531. The number of hydrogen-bond acceptors (Lipinski definition) is 1. The fourth-order valence-corrected chi connectivity index (χ4v) is 2.45. The molecule has 0 amide bonds. The molecule has 0 aromatic heterocycles. The molecule has 1 heteroatoms. The van der Waals surface area contributed by atoms with E-state index in [2.05, 4.69) is 32.9 Å². The molecule has 0 aromatic carbocycles. The van der Waals surface area contributed by atoms with Gasteiger partial charge >= 0.3 is 0 Å². The zero-order valence-electron chi connectivity index (χ0n) is 9.58. The highest BCUT2D eigenvalue weighted by Crippen LogP contribution is 2.34. The number of rotatable bonds is 2. The molecule has 78 valence electrons. The zero-order valence-corrected chi connectivity index (χ0v) is 9.58. The predicted octanol–water partition coefficient (Wildman–Crippen LogP) is 3.37. The fraction of sp³-hybridized carbons (Fsp3) is 0.615. The van der Waals surface area contributed by atoms with Gasteiger partial charge in [-0.1, -0.05) is 31.6 Å². The van der Waals surface area contributed by atoms with E-state index in [0.717, 1.165) is 18.3 Å². The first kappa shape index (κ1) is 11.2. The van der Waals surface area contributed by atoms with Gasteiger partial charge in [0.05, 0.1) is 0 Å². The van der Waals surface area contributed by atoms with Crippen molar-refractivity contribution in [2.45, 2.75) is 34.1 Å². The van der Waals surface area contributed by atoms with Gasteiger partial charge in [-0.2, -0.15) is 0 Å². The van der Waals surface area contributed by atoms with Crippen molar-refractivity contribution < 1.29 is 4.79 Å². The molecule has 0 saturated heterocycles. The van der Waals surface area contributed by atoms with Crippen molar-refractivity contribution in [1.29, 1.82) is 0 Å². The average Bonchev–Trinajstić information content (AvgIpc) is 2.10. The summed E-state index contributed by atoms with van der Waals surface area (Å²) >= 11 is 0. The van der Waals surface area contributed by atoms with Gasteiger partial charge in [0.15, 0.2) is 0 Å². The second-order valence-corrected chi connectivity index (χ2v) is 4.66. The van der Waals surface area contributed by atoms with E-state index in [1.165, 1.54) is 5.57 Å². The van der Waals surface area contributed by atoms with Gasteiger partial charge in [0.25, 0.3) is 0 Å². The van der Waals surface area contributed by atoms with Crippen LogP contribution in [-0.4, -0.2) is 6.29 Å². The molecule has 3 atom stereocenters. The minimum atomic E-state index is 0.531. The second-order valence-electron chi connectivity index (χ2n) is 4.66. The largest absolute Gasteiger partial charge is 0.298 e. The van der Waals surface area contributed by atoms with Crippen LogP contribution in [0.4, 0.5) is 0 Å². The molecule has 0 aromatic rings.